The van der Waals surface area contributed by atoms with Gasteiger partial charge in [0.05, 0.1) is 0 Å². The Morgan fingerprint density at radius 3 is 1.76 bits per heavy atom. The number of sulfonamides is 1. The van der Waals surface area contributed by atoms with Crippen molar-refractivity contribution in [3.63, 3.8) is 0 Å². The minimum Gasteiger partial charge on any atom is -0.399 e. The van der Waals surface area contributed by atoms with Gasteiger partial charge >= 0.3 is 0 Å². The highest BCUT2D eigenvalue weighted by atomic mass is 32.2. The highest BCUT2D eigenvalue weighted by Gasteiger charge is 2.31. The first-order chi connectivity index (χ1) is 9.55. The fourth-order valence-corrected chi connectivity index (χ4v) is 3.90. The Morgan fingerprint density at radius 2 is 1.43 bits per heavy atom. The number of rotatable bonds is 6. The predicted octanol–water partition coefficient (Wildman–Crippen LogP) is 2.85. The monoisotopic (exact) mass is 320 g/mol. The van der Waals surface area contributed by atoms with Crippen LogP contribution in [0.15, 0.2) is 17.0 Å². The number of hydrogen-bond donors (Lipinski definition) is 1. The van der Waals surface area contributed by atoms with Crippen molar-refractivity contribution in [2.45, 2.75) is 32.6 Å². The summed E-state index contributed by atoms with van der Waals surface area (Å²) in [6.45, 7) is 7.78. The van der Waals surface area contributed by atoms with Crippen molar-refractivity contribution >= 4 is 15.7 Å². The molecule has 0 spiro atoms. The summed E-state index contributed by atoms with van der Waals surface area (Å²) in [5.41, 5.74) is 5.17. The van der Waals surface area contributed by atoms with Crippen molar-refractivity contribution in [2.75, 3.05) is 18.8 Å². The summed E-state index contributed by atoms with van der Waals surface area (Å²) < 4.78 is 54.1. The van der Waals surface area contributed by atoms with Crippen LogP contribution in [0.5, 0.6) is 0 Å². The van der Waals surface area contributed by atoms with Crippen LogP contribution in [0.25, 0.3) is 0 Å². The standard InChI is InChI=1S/C14H22F2N2O2S/c1-9(2)7-18(8-10(3)4)21(19,20)14-12(15)5-11(17)6-13(14)16/h5-6,9-10H,7-8,17H2,1-4H3. The summed E-state index contributed by atoms with van der Waals surface area (Å²) >= 11 is 0. The molecule has 1 rings (SSSR count). The third kappa shape index (κ3) is 4.38. The smallest absolute Gasteiger partial charge is 0.248 e. The molecular weight excluding hydrogens is 298 g/mol. The Labute approximate surface area is 125 Å². The van der Waals surface area contributed by atoms with Gasteiger partial charge in [0.25, 0.3) is 0 Å². The van der Waals surface area contributed by atoms with Crippen LogP contribution in [-0.2, 0) is 10.0 Å². The molecule has 21 heavy (non-hydrogen) atoms. The molecule has 0 bridgehead atoms. The molecular formula is C14H22F2N2O2S. The minimum absolute atomic E-state index is 0.0402. The number of anilines is 1. The molecule has 2 N–H and O–H groups in total. The zero-order valence-electron chi connectivity index (χ0n) is 12.7. The van der Waals surface area contributed by atoms with Gasteiger partial charge in [-0.3, -0.25) is 0 Å². The molecule has 0 saturated heterocycles. The average molecular weight is 320 g/mol. The molecule has 0 fully saturated rings. The third-order valence-electron chi connectivity index (χ3n) is 2.76. The zero-order valence-corrected chi connectivity index (χ0v) is 13.5. The molecule has 4 nitrogen and oxygen atoms in total. The molecule has 0 atom stereocenters. The second-order valence-corrected chi connectivity index (χ2v) is 7.80. The Balaban J connectivity index is 3.35. The summed E-state index contributed by atoms with van der Waals surface area (Å²) in [5.74, 6) is -2.24. The maximum atomic E-state index is 13.9. The van der Waals surface area contributed by atoms with E-state index in [0.717, 1.165) is 16.4 Å². The van der Waals surface area contributed by atoms with Crippen LogP contribution in [0.3, 0.4) is 0 Å². The molecule has 0 heterocycles. The average Bonchev–Trinajstić information content (AvgIpc) is 2.24. The highest BCUT2D eigenvalue weighted by molar-refractivity contribution is 7.89. The molecule has 0 aliphatic rings. The third-order valence-corrected chi connectivity index (χ3v) is 4.64. The van der Waals surface area contributed by atoms with E-state index in [0.29, 0.717) is 0 Å². The normalized spacial score (nSPS) is 12.6. The van der Waals surface area contributed by atoms with Crippen molar-refractivity contribution in [1.82, 2.24) is 4.31 Å². The summed E-state index contributed by atoms with van der Waals surface area (Å²) in [4.78, 5) is -0.932. The van der Waals surface area contributed by atoms with Crippen LogP contribution in [-0.4, -0.2) is 25.8 Å². The molecule has 0 saturated carbocycles. The Hall–Kier alpha value is -1.21. The topological polar surface area (TPSA) is 63.4 Å². The highest BCUT2D eigenvalue weighted by Crippen LogP contribution is 2.26. The number of halogens is 2. The maximum absolute atomic E-state index is 13.9. The maximum Gasteiger partial charge on any atom is 0.248 e. The first-order valence-electron chi connectivity index (χ1n) is 6.80. The largest absolute Gasteiger partial charge is 0.399 e. The summed E-state index contributed by atoms with van der Waals surface area (Å²) in [6, 6.07) is 1.64. The number of nitrogens with two attached hydrogens (primary N) is 1. The molecule has 1 aromatic rings. The lowest BCUT2D eigenvalue weighted by Crippen LogP contribution is -2.37. The van der Waals surface area contributed by atoms with Crippen molar-refractivity contribution in [3.8, 4) is 0 Å². The molecule has 0 aliphatic carbocycles. The van der Waals surface area contributed by atoms with Crippen LogP contribution < -0.4 is 5.73 Å². The SMILES string of the molecule is CC(C)CN(CC(C)C)S(=O)(=O)c1c(F)cc(N)cc1F. The first-order valence-corrected chi connectivity index (χ1v) is 8.24. The quantitative estimate of drug-likeness (QED) is 0.820. The van der Waals surface area contributed by atoms with Gasteiger partial charge in [-0.25, -0.2) is 17.2 Å². The molecule has 0 unspecified atom stereocenters. The Kier molecular flexibility index (Phi) is 5.69. The second kappa shape index (κ2) is 6.70. The molecule has 7 heteroatoms. The lowest BCUT2D eigenvalue weighted by Gasteiger charge is -2.26. The van der Waals surface area contributed by atoms with Gasteiger partial charge in [0, 0.05) is 18.8 Å². The molecule has 0 aliphatic heterocycles. The van der Waals surface area contributed by atoms with E-state index < -0.39 is 26.6 Å². The van der Waals surface area contributed by atoms with E-state index in [1.54, 1.807) is 0 Å². The Morgan fingerprint density at radius 1 is 1.05 bits per heavy atom. The van der Waals surface area contributed by atoms with Crippen LogP contribution in [0.1, 0.15) is 27.7 Å². The minimum atomic E-state index is -4.24. The molecule has 120 valence electrons. The van der Waals surface area contributed by atoms with Gasteiger partial charge in [0.15, 0.2) is 4.90 Å². The van der Waals surface area contributed by atoms with E-state index in [1.165, 1.54) is 0 Å². The lowest BCUT2D eigenvalue weighted by atomic mass is 10.2. The Bertz CT molecular complexity index is 568. The molecule has 0 radical (unpaired) electrons. The first kappa shape index (κ1) is 17.8. The van der Waals surface area contributed by atoms with E-state index in [1.807, 2.05) is 27.7 Å². The molecule has 1 aromatic carbocycles. The number of hydrogen-bond acceptors (Lipinski definition) is 3. The number of nitrogens with zero attached hydrogens (tertiary/aromatic N) is 1. The van der Waals surface area contributed by atoms with Gasteiger partial charge in [0.1, 0.15) is 11.6 Å². The summed E-state index contributed by atoms with van der Waals surface area (Å²) in [5, 5.41) is 0. The van der Waals surface area contributed by atoms with Crippen molar-refractivity contribution in [3.05, 3.63) is 23.8 Å². The van der Waals surface area contributed by atoms with Crippen LogP contribution in [0, 0.1) is 23.5 Å². The van der Waals surface area contributed by atoms with E-state index in [2.05, 4.69) is 0 Å². The lowest BCUT2D eigenvalue weighted by molar-refractivity contribution is 0.330. The fourth-order valence-electron chi connectivity index (χ4n) is 2.04. The number of nitrogen functional groups attached to an aromatic ring is 1. The van der Waals surface area contributed by atoms with E-state index >= 15 is 0 Å². The van der Waals surface area contributed by atoms with Crippen molar-refractivity contribution in [1.29, 1.82) is 0 Å². The predicted molar refractivity (Wildman–Crippen MR) is 79.2 cm³/mol. The van der Waals surface area contributed by atoms with Gasteiger partial charge in [-0.15, -0.1) is 0 Å². The second-order valence-electron chi connectivity index (χ2n) is 5.92. The number of benzene rings is 1. The van der Waals surface area contributed by atoms with Crippen LogP contribution in [0.2, 0.25) is 0 Å². The van der Waals surface area contributed by atoms with Crippen molar-refractivity contribution in [2.24, 2.45) is 11.8 Å². The van der Waals surface area contributed by atoms with E-state index in [-0.39, 0.29) is 30.6 Å². The summed E-state index contributed by atoms with van der Waals surface area (Å²) in [7, 11) is -4.24. The summed E-state index contributed by atoms with van der Waals surface area (Å²) in [6.07, 6.45) is 0. The van der Waals surface area contributed by atoms with E-state index in [4.69, 9.17) is 5.73 Å². The zero-order chi connectivity index (χ0) is 16.4. The van der Waals surface area contributed by atoms with Crippen LogP contribution >= 0.6 is 0 Å². The van der Waals surface area contributed by atoms with Gasteiger partial charge in [-0.05, 0) is 24.0 Å². The van der Waals surface area contributed by atoms with E-state index in [9.17, 15) is 17.2 Å². The van der Waals surface area contributed by atoms with Crippen molar-refractivity contribution < 1.29 is 17.2 Å². The molecule has 0 aromatic heterocycles. The molecule has 0 amide bonds. The van der Waals surface area contributed by atoms with Gasteiger partial charge in [0.2, 0.25) is 10.0 Å². The van der Waals surface area contributed by atoms with Gasteiger partial charge < -0.3 is 5.73 Å². The van der Waals surface area contributed by atoms with Crippen LogP contribution in [0.4, 0.5) is 14.5 Å². The van der Waals surface area contributed by atoms with Gasteiger partial charge in [-0.1, -0.05) is 27.7 Å². The fraction of sp³-hybridized carbons (Fsp3) is 0.571. The van der Waals surface area contributed by atoms with Gasteiger partial charge in [-0.2, -0.15) is 4.31 Å².